The Labute approximate surface area is 179 Å². The lowest BCUT2D eigenvalue weighted by molar-refractivity contribution is -0.136. The Kier molecular flexibility index (Phi) is 4.97. The van der Waals surface area contributed by atoms with Crippen LogP contribution < -0.4 is 10.2 Å². The number of hydrogen-bond donors (Lipinski definition) is 2. The summed E-state index contributed by atoms with van der Waals surface area (Å²) in [5.74, 6) is -1.59. The van der Waals surface area contributed by atoms with Crippen LogP contribution in [0.15, 0.2) is 30.5 Å². The monoisotopic (exact) mass is 425 g/mol. The highest BCUT2D eigenvalue weighted by molar-refractivity contribution is 6.06. The van der Waals surface area contributed by atoms with Gasteiger partial charge in [0, 0.05) is 74.4 Å². The van der Waals surface area contributed by atoms with Gasteiger partial charge in [0.25, 0.3) is 5.91 Å². The summed E-state index contributed by atoms with van der Waals surface area (Å²) < 4.78 is 14.4. The number of aromatic amines is 1. The predicted octanol–water partition coefficient (Wildman–Crippen LogP) is 1.24. The summed E-state index contributed by atoms with van der Waals surface area (Å²) in [5.41, 5.74) is 2.95. The van der Waals surface area contributed by atoms with Gasteiger partial charge < -0.3 is 14.8 Å². The fourth-order valence-corrected chi connectivity index (χ4v) is 4.74. The number of fused-ring (bicyclic) bond motifs is 1. The predicted molar refractivity (Wildman–Crippen MR) is 111 cm³/mol. The van der Waals surface area contributed by atoms with Crippen LogP contribution >= 0.6 is 0 Å². The number of amides is 3. The van der Waals surface area contributed by atoms with Gasteiger partial charge in [0.1, 0.15) is 11.9 Å². The number of rotatable bonds is 4. The van der Waals surface area contributed by atoms with Crippen LogP contribution in [0.25, 0.3) is 0 Å². The average Bonchev–Trinajstić information content (AvgIpc) is 3.37. The van der Waals surface area contributed by atoms with Crippen molar-refractivity contribution in [2.24, 2.45) is 0 Å². The Balaban J connectivity index is 1.34. The van der Waals surface area contributed by atoms with E-state index in [1.165, 1.54) is 17.0 Å². The maximum absolute atomic E-state index is 14.4. The SMILES string of the molecule is O=C1CCC(N2Cc3c(cc(F)cc3N3CCN(Cc4ccc[nH]4)CC3)C2=O)C(=O)N1. The van der Waals surface area contributed by atoms with Crippen LogP contribution in [0.4, 0.5) is 10.1 Å². The molecule has 1 atom stereocenters. The molecular weight excluding hydrogens is 401 g/mol. The van der Waals surface area contributed by atoms with Crippen molar-refractivity contribution in [3.05, 3.63) is 53.1 Å². The van der Waals surface area contributed by atoms with Crippen molar-refractivity contribution in [2.45, 2.75) is 32.0 Å². The molecule has 3 aliphatic heterocycles. The lowest BCUT2D eigenvalue weighted by atomic mass is 10.0. The number of nitrogens with zero attached hydrogens (tertiary/aromatic N) is 3. The first-order valence-electron chi connectivity index (χ1n) is 10.6. The molecule has 0 aliphatic carbocycles. The Morgan fingerprint density at radius 1 is 1.10 bits per heavy atom. The van der Waals surface area contributed by atoms with Gasteiger partial charge in [-0.05, 0) is 30.7 Å². The Morgan fingerprint density at radius 2 is 1.90 bits per heavy atom. The number of aromatic nitrogens is 1. The third kappa shape index (κ3) is 3.69. The van der Waals surface area contributed by atoms with Crippen molar-refractivity contribution in [1.82, 2.24) is 20.1 Å². The zero-order valence-electron chi connectivity index (χ0n) is 17.1. The average molecular weight is 425 g/mol. The van der Waals surface area contributed by atoms with Gasteiger partial charge in [-0.3, -0.25) is 24.6 Å². The normalized spacial score (nSPS) is 22.1. The van der Waals surface area contributed by atoms with Crippen LogP contribution in [-0.2, 0) is 22.7 Å². The number of carbonyl (C=O) groups excluding carboxylic acids is 3. The summed E-state index contributed by atoms with van der Waals surface area (Å²) in [7, 11) is 0. The van der Waals surface area contributed by atoms with Gasteiger partial charge in [-0.1, -0.05) is 0 Å². The van der Waals surface area contributed by atoms with E-state index in [1.807, 2.05) is 12.3 Å². The van der Waals surface area contributed by atoms with E-state index in [9.17, 15) is 18.8 Å². The van der Waals surface area contributed by atoms with E-state index in [-0.39, 0.29) is 24.8 Å². The van der Waals surface area contributed by atoms with E-state index in [0.717, 1.165) is 49.7 Å². The van der Waals surface area contributed by atoms with E-state index in [4.69, 9.17) is 0 Å². The summed E-state index contributed by atoms with van der Waals surface area (Å²) >= 11 is 0. The summed E-state index contributed by atoms with van der Waals surface area (Å²) in [6, 6.07) is 6.08. The molecule has 1 unspecified atom stereocenters. The molecule has 3 amide bonds. The summed E-state index contributed by atoms with van der Waals surface area (Å²) in [5, 5.41) is 2.30. The van der Waals surface area contributed by atoms with E-state index >= 15 is 0 Å². The molecule has 0 spiro atoms. The van der Waals surface area contributed by atoms with Crippen molar-refractivity contribution in [3.63, 3.8) is 0 Å². The molecule has 0 radical (unpaired) electrons. The van der Waals surface area contributed by atoms with Gasteiger partial charge in [0.15, 0.2) is 0 Å². The van der Waals surface area contributed by atoms with Gasteiger partial charge in [0.2, 0.25) is 11.8 Å². The number of piperidine rings is 1. The zero-order chi connectivity index (χ0) is 21.5. The molecule has 31 heavy (non-hydrogen) atoms. The number of piperazine rings is 1. The standard InChI is InChI=1S/C22H24FN5O3/c23-14-10-16-17(13-28(22(16)31)18-3-4-20(29)25-21(18)30)19(11-14)27-8-6-26(7-9-27)12-15-2-1-5-24-15/h1-2,5,10-11,18,24H,3-4,6-9,12-13H2,(H,25,29,30). The molecule has 2 N–H and O–H groups in total. The minimum atomic E-state index is -0.703. The second-order valence-corrected chi connectivity index (χ2v) is 8.31. The van der Waals surface area contributed by atoms with Crippen LogP contribution in [-0.4, -0.2) is 64.7 Å². The number of carbonyl (C=O) groups is 3. The molecule has 3 aliphatic rings. The van der Waals surface area contributed by atoms with Crippen LogP contribution in [0.2, 0.25) is 0 Å². The van der Waals surface area contributed by atoms with Crippen LogP contribution in [0.1, 0.15) is 34.5 Å². The Morgan fingerprint density at radius 3 is 2.61 bits per heavy atom. The van der Waals surface area contributed by atoms with E-state index in [2.05, 4.69) is 26.2 Å². The Bertz CT molecular complexity index is 1030. The van der Waals surface area contributed by atoms with Gasteiger partial charge in [-0.25, -0.2) is 4.39 Å². The largest absolute Gasteiger partial charge is 0.369 e. The number of H-pyrrole nitrogens is 1. The maximum Gasteiger partial charge on any atom is 0.255 e. The highest BCUT2D eigenvalue weighted by Gasteiger charge is 2.41. The number of nitrogens with one attached hydrogen (secondary N) is 2. The number of benzene rings is 1. The molecule has 2 saturated heterocycles. The van der Waals surface area contributed by atoms with Crippen molar-refractivity contribution >= 4 is 23.4 Å². The molecule has 162 valence electrons. The van der Waals surface area contributed by atoms with Gasteiger partial charge in [-0.2, -0.15) is 0 Å². The first kappa shape index (κ1) is 19.7. The topological polar surface area (TPSA) is 88.8 Å². The van der Waals surface area contributed by atoms with E-state index in [0.29, 0.717) is 12.0 Å². The van der Waals surface area contributed by atoms with Crippen molar-refractivity contribution in [3.8, 4) is 0 Å². The van der Waals surface area contributed by atoms with Crippen molar-refractivity contribution in [2.75, 3.05) is 31.1 Å². The second-order valence-electron chi connectivity index (χ2n) is 8.31. The highest BCUT2D eigenvalue weighted by atomic mass is 19.1. The number of imide groups is 1. The molecule has 1 aromatic carbocycles. The first-order chi connectivity index (χ1) is 15.0. The lowest BCUT2D eigenvalue weighted by Crippen LogP contribution is -2.52. The van der Waals surface area contributed by atoms with Crippen LogP contribution in [0.3, 0.4) is 0 Å². The van der Waals surface area contributed by atoms with E-state index < -0.39 is 17.8 Å². The Hall–Kier alpha value is -3.20. The molecule has 9 heteroatoms. The smallest absolute Gasteiger partial charge is 0.255 e. The molecule has 4 heterocycles. The minimum absolute atomic E-state index is 0.195. The van der Waals surface area contributed by atoms with Crippen molar-refractivity contribution in [1.29, 1.82) is 0 Å². The zero-order valence-corrected chi connectivity index (χ0v) is 17.1. The van der Waals surface area contributed by atoms with Crippen molar-refractivity contribution < 1.29 is 18.8 Å². The molecular formula is C22H24FN5O3. The van der Waals surface area contributed by atoms with Gasteiger partial charge >= 0.3 is 0 Å². The maximum atomic E-state index is 14.4. The summed E-state index contributed by atoms with van der Waals surface area (Å²) in [4.78, 5) is 45.9. The third-order valence-corrected chi connectivity index (χ3v) is 6.37. The molecule has 0 bridgehead atoms. The van der Waals surface area contributed by atoms with Gasteiger partial charge in [0.05, 0.1) is 0 Å². The summed E-state index contributed by atoms with van der Waals surface area (Å²) in [6.07, 6.45) is 2.40. The quantitative estimate of drug-likeness (QED) is 0.720. The van der Waals surface area contributed by atoms with E-state index in [1.54, 1.807) is 0 Å². The molecule has 1 aromatic heterocycles. The second kappa shape index (κ2) is 7.81. The minimum Gasteiger partial charge on any atom is -0.369 e. The third-order valence-electron chi connectivity index (χ3n) is 6.37. The van der Waals surface area contributed by atoms with Gasteiger partial charge in [-0.15, -0.1) is 0 Å². The molecule has 0 saturated carbocycles. The van der Waals surface area contributed by atoms with Crippen LogP contribution in [0, 0.1) is 5.82 Å². The first-order valence-corrected chi connectivity index (χ1v) is 10.6. The number of hydrogen-bond acceptors (Lipinski definition) is 5. The molecule has 8 nitrogen and oxygen atoms in total. The number of anilines is 1. The fraction of sp³-hybridized carbons (Fsp3) is 0.409. The number of halogens is 1. The molecule has 2 fully saturated rings. The van der Waals surface area contributed by atoms with Crippen LogP contribution in [0.5, 0.6) is 0 Å². The highest BCUT2D eigenvalue weighted by Crippen LogP contribution is 2.35. The summed E-state index contributed by atoms with van der Waals surface area (Å²) in [6.45, 7) is 4.19. The molecule has 2 aromatic rings. The molecule has 5 rings (SSSR count). The fourth-order valence-electron chi connectivity index (χ4n) is 4.74. The lowest BCUT2D eigenvalue weighted by Gasteiger charge is -2.37.